The molecule has 3 aromatic rings. The van der Waals surface area contributed by atoms with Crippen molar-refractivity contribution in [1.82, 2.24) is 14.7 Å². The standard InChI is InChI=1S/C19H14F2N4O2/c1-10-6-7-14-24-13(8-11-4-3-5-12(9-22)15(11)20)16(21)19(27)25(14)17(10)18(26)23-2/h3-7H,8H2,1-2H3,(H,23,26). The summed E-state index contributed by atoms with van der Waals surface area (Å²) in [5, 5.41) is 11.3. The number of pyridine rings is 1. The number of halogens is 2. The van der Waals surface area contributed by atoms with Gasteiger partial charge in [-0.1, -0.05) is 18.2 Å². The van der Waals surface area contributed by atoms with Crippen molar-refractivity contribution in [2.75, 3.05) is 7.05 Å². The van der Waals surface area contributed by atoms with E-state index in [2.05, 4.69) is 10.3 Å². The van der Waals surface area contributed by atoms with Crippen molar-refractivity contribution >= 4 is 11.6 Å². The maximum atomic E-state index is 14.7. The van der Waals surface area contributed by atoms with E-state index in [4.69, 9.17) is 5.26 Å². The van der Waals surface area contributed by atoms with Crippen molar-refractivity contribution in [3.8, 4) is 6.07 Å². The predicted octanol–water partition coefficient (Wildman–Crippen LogP) is 2.10. The van der Waals surface area contributed by atoms with Gasteiger partial charge in [0.05, 0.1) is 11.3 Å². The van der Waals surface area contributed by atoms with Crippen LogP contribution in [0.25, 0.3) is 5.65 Å². The second-order valence-electron chi connectivity index (χ2n) is 5.88. The van der Waals surface area contributed by atoms with Gasteiger partial charge in [0.15, 0.2) is 0 Å². The molecule has 0 spiro atoms. The molecule has 1 aromatic carbocycles. The van der Waals surface area contributed by atoms with Gasteiger partial charge in [-0.3, -0.25) is 14.0 Å². The zero-order valence-electron chi connectivity index (χ0n) is 14.5. The van der Waals surface area contributed by atoms with E-state index in [9.17, 15) is 18.4 Å². The van der Waals surface area contributed by atoms with E-state index in [1.54, 1.807) is 19.1 Å². The topological polar surface area (TPSA) is 87.3 Å². The molecule has 0 fully saturated rings. The average Bonchev–Trinajstić information content (AvgIpc) is 2.67. The van der Waals surface area contributed by atoms with E-state index >= 15 is 0 Å². The zero-order valence-corrected chi connectivity index (χ0v) is 14.5. The first-order chi connectivity index (χ1) is 12.9. The molecule has 8 heteroatoms. The molecular formula is C19H14F2N4O2. The van der Waals surface area contributed by atoms with Gasteiger partial charge < -0.3 is 5.32 Å². The summed E-state index contributed by atoms with van der Waals surface area (Å²) in [4.78, 5) is 28.8. The minimum absolute atomic E-state index is 0.0180. The van der Waals surface area contributed by atoms with Crippen LogP contribution in [0.15, 0.2) is 35.1 Å². The molecule has 0 aliphatic heterocycles. The molecule has 3 rings (SSSR count). The summed E-state index contributed by atoms with van der Waals surface area (Å²) in [6.45, 7) is 1.62. The number of amides is 1. The number of fused-ring (bicyclic) bond motifs is 1. The Kier molecular flexibility index (Phi) is 4.69. The monoisotopic (exact) mass is 368 g/mol. The third kappa shape index (κ3) is 3.04. The van der Waals surface area contributed by atoms with Crippen LogP contribution in [0.5, 0.6) is 0 Å². The summed E-state index contributed by atoms with van der Waals surface area (Å²) in [6, 6.07) is 8.94. The lowest BCUT2D eigenvalue weighted by atomic mass is 10.1. The van der Waals surface area contributed by atoms with Crippen LogP contribution < -0.4 is 10.9 Å². The fourth-order valence-electron chi connectivity index (χ4n) is 2.84. The molecule has 0 unspecified atom stereocenters. The van der Waals surface area contributed by atoms with Crippen molar-refractivity contribution in [2.45, 2.75) is 13.3 Å². The fourth-order valence-corrected chi connectivity index (χ4v) is 2.84. The van der Waals surface area contributed by atoms with Crippen molar-refractivity contribution < 1.29 is 13.6 Å². The van der Waals surface area contributed by atoms with E-state index in [0.717, 1.165) is 4.40 Å². The quantitative estimate of drug-likeness (QED) is 0.767. The first-order valence-corrected chi connectivity index (χ1v) is 7.99. The molecule has 0 radical (unpaired) electrons. The number of nitriles is 1. The van der Waals surface area contributed by atoms with E-state index in [1.165, 1.54) is 31.3 Å². The summed E-state index contributed by atoms with van der Waals surface area (Å²) >= 11 is 0. The van der Waals surface area contributed by atoms with Crippen LogP contribution in [0.2, 0.25) is 0 Å². The van der Waals surface area contributed by atoms with Crippen molar-refractivity contribution in [2.24, 2.45) is 0 Å². The number of benzene rings is 1. The van der Waals surface area contributed by atoms with E-state index < -0.39 is 23.1 Å². The Bertz CT molecular complexity index is 1180. The van der Waals surface area contributed by atoms with Crippen LogP contribution in [0.4, 0.5) is 8.78 Å². The van der Waals surface area contributed by atoms with Gasteiger partial charge in [-0.05, 0) is 30.2 Å². The molecule has 0 aliphatic rings. The number of rotatable bonds is 3. The van der Waals surface area contributed by atoms with Gasteiger partial charge in [-0.15, -0.1) is 0 Å². The summed E-state index contributed by atoms with van der Waals surface area (Å²) in [5.74, 6) is -2.51. The summed E-state index contributed by atoms with van der Waals surface area (Å²) in [5.41, 5.74) is -0.917. The molecule has 136 valence electrons. The average molecular weight is 368 g/mol. The van der Waals surface area contributed by atoms with Gasteiger partial charge in [0.2, 0.25) is 5.82 Å². The molecule has 1 N–H and O–H groups in total. The molecule has 6 nitrogen and oxygen atoms in total. The number of carbonyl (C=O) groups is 1. The highest BCUT2D eigenvalue weighted by atomic mass is 19.1. The van der Waals surface area contributed by atoms with Gasteiger partial charge in [-0.2, -0.15) is 9.65 Å². The van der Waals surface area contributed by atoms with Crippen molar-refractivity contribution in [1.29, 1.82) is 5.26 Å². The molecular weight excluding hydrogens is 354 g/mol. The number of aromatic nitrogens is 2. The smallest absolute Gasteiger partial charge is 0.294 e. The first kappa shape index (κ1) is 18.2. The SMILES string of the molecule is CNC(=O)c1c(C)ccc2nc(Cc3cccc(C#N)c3F)c(F)c(=O)n12. The highest BCUT2D eigenvalue weighted by molar-refractivity contribution is 5.94. The number of nitrogens with one attached hydrogen (secondary N) is 1. The van der Waals surface area contributed by atoms with Gasteiger partial charge in [0.25, 0.3) is 11.5 Å². The second kappa shape index (κ2) is 6.96. The molecule has 0 saturated heterocycles. The predicted molar refractivity (Wildman–Crippen MR) is 93.5 cm³/mol. The lowest BCUT2D eigenvalue weighted by Gasteiger charge is -2.12. The summed E-state index contributed by atoms with van der Waals surface area (Å²) in [7, 11) is 1.40. The largest absolute Gasteiger partial charge is 0.354 e. The van der Waals surface area contributed by atoms with Crippen LogP contribution in [0, 0.1) is 29.9 Å². The maximum absolute atomic E-state index is 14.7. The molecule has 2 aromatic heterocycles. The Morgan fingerprint density at radius 1 is 1.26 bits per heavy atom. The molecule has 0 bridgehead atoms. The van der Waals surface area contributed by atoms with Crippen LogP contribution in [0.3, 0.4) is 0 Å². The Morgan fingerprint density at radius 2 is 2.00 bits per heavy atom. The Labute approximate surface area is 152 Å². The number of aryl methyl sites for hydroxylation is 1. The zero-order chi connectivity index (χ0) is 19.7. The minimum atomic E-state index is -1.18. The van der Waals surface area contributed by atoms with Crippen molar-refractivity contribution in [3.63, 3.8) is 0 Å². The van der Waals surface area contributed by atoms with Gasteiger partial charge >= 0.3 is 0 Å². The number of hydrogen-bond donors (Lipinski definition) is 1. The lowest BCUT2D eigenvalue weighted by molar-refractivity contribution is 0.0955. The van der Waals surface area contributed by atoms with Gasteiger partial charge in [0, 0.05) is 13.5 Å². The number of nitrogens with zero attached hydrogens (tertiary/aromatic N) is 3. The molecule has 0 atom stereocenters. The first-order valence-electron chi connectivity index (χ1n) is 7.99. The molecule has 1 amide bonds. The third-order valence-corrected chi connectivity index (χ3v) is 4.20. The maximum Gasteiger partial charge on any atom is 0.294 e. The number of hydrogen-bond acceptors (Lipinski definition) is 4. The van der Waals surface area contributed by atoms with Crippen LogP contribution >= 0.6 is 0 Å². The molecule has 2 heterocycles. The van der Waals surface area contributed by atoms with Crippen molar-refractivity contribution in [3.05, 3.63) is 80.4 Å². The molecule has 0 aliphatic carbocycles. The fraction of sp³-hybridized carbons (Fsp3) is 0.158. The Hall–Kier alpha value is -3.60. The second-order valence-corrected chi connectivity index (χ2v) is 5.88. The summed E-state index contributed by atoms with van der Waals surface area (Å²) in [6.07, 6.45) is -0.303. The molecule has 0 saturated carbocycles. The lowest BCUT2D eigenvalue weighted by Crippen LogP contribution is -2.30. The van der Waals surface area contributed by atoms with E-state index in [1.807, 2.05) is 0 Å². The van der Waals surface area contributed by atoms with E-state index in [-0.39, 0.29) is 34.6 Å². The van der Waals surface area contributed by atoms with E-state index in [0.29, 0.717) is 5.56 Å². The van der Waals surface area contributed by atoms with Crippen LogP contribution in [0.1, 0.15) is 32.9 Å². The van der Waals surface area contributed by atoms with Crippen LogP contribution in [-0.4, -0.2) is 22.3 Å². The normalized spacial score (nSPS) is 10.6. The molecule has 27 heavy (non-hydrogen) atoms. The Balaban J connectivity index is 2.22. The van der Waals surface area contributed by atoms with Gasteiger partial charge in [0.1, 0.15) is 23.2 Å². The highest BCUT2D eigenvalue weighted by Crippen LogP contribution is 2.18. The van der Waals surface area contributed by atoms with Crippen LogP contribution in [-0.2, 0) is 6.42 Å². The number of carbonyl (C=O) groups excluding carboxylic acids is 1. The Morgan fingerprint density at radius 3 is 2.67 bits per heavy atom. The third-order valence-electron chi connectivity index (χ3n) is 4.20. The highest BCUT2D eigenvalue weighted by Gasteiger charge is 2.20. The summed E-state index contributed by atoms with van der Waals surface area (Å²) < 4.78 is 29.9. The van der Waals surface area contributed by atoms with Gasteiger partial charge in [-0.25, -0.2) is 9.37 Å². The minimum Gasteiger partial charge on any atom is -0.354 e.